The zero-order chi connectivity index (χ0) is 10.7. The van der Waals surface area contributed by atoms with Crippen molar-refractivity contribution in [2.45, 2.75) is 12.8 Å². The predicted octanol–water partition coefficient (Wildman–Crippen LogP) is 0.989. The summed E-state index contributed by atoms with van der Waals surface area (Å²) in [6.45, 7) is 1.55. The van der Waals surface area contributed by atoms with E-state index in [0.29, 0.717) is 5.56 Å². The van der Waals surface area contributed by atoms with Crippen LogP contribution in [0.1, 0.15) is 28.9 Å². The number of methoxy groups -OCH3 is 1. The molecule has 0 aliphatic rings. The van der Waals surface area contributed by atoms with Crippen molar-refractivity contribution in [2.24, 2.45) is 0 Å². The van der Waals surface area contributed by atoms with Gasteiger partial charge in [0.2, 0.25) is 0 Å². The van der Waals surface area contributed by atoms with E-state index in [0.717, 1.165) is 0 Å². The standard InChI is InChI=1S/C9H11NO4/c1-5(8(11)12)6-3-7(10-4-6)9(13)14-2/h3-5,10H,1-2H3,(H,11,12). The third-order valence-electron chi connectivity index (χ3n) is 1.98. The number of aromatic amines is 1. The van der Waals surface area contributed by atoms with Gasteiger partial charge in [-0.05, 0) is 18.6 Å². The van der Waals surface area contributed by atoms with Gasteiger partial charge in [-0.15, -0.1) is 0 Å². The van der Waals surface area contributed by atoms with E-state index in [2.05, 4.69) is 9.72 Å². The van der Waals surface area contributed by atoms with E-state index in [-0.39, 0.29) is 5.69 Å². The first-order valence-electron chi connectivity index (χ1n) is 4.05. The van der Waals surface area contributed by atoms with Gasteiger partial charge in [0.1, 0.15) is 5.69 Å². The molecule has 0 bridgehead atoms. The minimum absolute atomic E-state index is 0.260. The number of rotatable bonds is 3. The molecule has 0 saturated heterocycles. The van der Waals surface area contributed by atoms with Crippen molar-refractivity contribution >= 4 is 11.9 Å². The van der Waals surface area contributed by atoms with Crippen LogP contribution in [0.15, 0.2) is 12.3 Å². The number of aromatic nitrogens is 1. The lowest BCUT2D eigenvalue weighted by Gasteiger charge is -2.00. The zero-order valence-electron chi connectivity index (χ0n) is 7.90. The van der Waals surface area contributed by atoms with Gasteiger partial charge in [0.05, 0.1) is 13.0 Å². The third kappa shape index (κ3) is 1.93. The molecule has 0 amide bonds. The van der Waals surface area contributed by atoms with Gasteiger partial charge in [0.15, 0.2) is 0 Å². The van der Waals surface area contributed by atoms with Crippen LogP contribution in [0.25, 0.3) is 0 Å². The molecule has 1 rings (SSSR count). The summed E-state index contributed by atoms with van der Waals surface area (Å²) in [5.74, 6) is -2.07. The second-order valence-electron chi connectivity index (χ2n) is 2.90. The van der Waals surface area contributed by atoms with Gasteiger partial charge in [-0.2, -0.15) is 0 Å². The number of esters is 1. The number of hydrogen-bond donors (Lipinski definition) is 2. The van der Waals surface area contributed by atoms with E-state index in [9.17, 15) is 9.59 Å². The molecule has 0 fully saturated rings. The largest absolute Gasteiger partial charge is 0.481 e. The van der Waals surface area contributed by atoms with Crippen molar-refractivity contribution < 1.29 is 19.4 Å². The Morgan fingerprint density at radius 2 is 2.21 bits per heavy atom. The summed E-state index contributed by atoms with van der Waals surface area (Å²) < 4.78 is 4.47. The monoisotopic (exact) mass is 197 g/mol. The van der Waals surface area contributed by atoms with Crippen LogP contribution in [0.4, 0.5) is 0 Å². The Labute approximate surface area is 80.7 Å². The van der Waals surface area contributed by atoms with Gasteiger partial charge in [-0.3, -0.25) is 4.79 Å². The first kappa shape index (κ1) is 10.3. The average molecular weight is 197 g/mol. The number of ether oxygens (including phenoxy) is 1. The second-order valence-corrected chi connectivity index (χ2v) is 2.90. The van der Waals surface area contributed by atoms with Crippen LogP contribution >= 0.6 is 0 Å². The number of aliphatic carboxylic acids is 1. The number of carboxylic acid groups (broad SMARTS) is 1. The van der Waals surface area contributed by atoms with Gasteiger partial charge >= 0.3 is 11.9 Å². The van der Waals surface area contributed by atoms with Crippen molar-refractivity contribution in [3.8, 4) is 0 Å². The molecule has 1 atom stereocenters. The van der Waals surface area contributed by atoms with Gasteiger partial charge in [0.25, 0.3) is 0 Å². The van der Waals surface area contributed by atoms with E-state index < -0.39 is 17.9 Å². The summed E-state index contributed by atoms with van der Waals surface area (Å²) in [5, 5.41) is 8.71. The first-order chi connectivity index (χ1) is 6.56. The van der Waals surface area contributed by atoms with E-state index in [1.54, 1.807) is 6.92 Å². The Bertz CT molecular complexity index is 355. The van der Waals surface area contributed by atoms with Gasteiger partial charge in [-0.1, -0.05) is 0 Å². The quantitative estimate of drug-likeness (QED) is 0.708. The van der Waals surface area contributed by atoms with Crippen LogP contribution in [0.3, 0.4) is 0 Å². The number of H-pyrrole nitrogens is 1. The van der Waals surface area contributed by atoms with Crippen molar-refractivity contribution in [2.75, 3.05) is 7.11 Å². The molecule has 76 valence electrons. The first-order valence-corrected chi connectivity index (χ1v) is 4.05. The Morgan fingerprint density at radius 1 is 1.57 bits per heavy atom. The van der Waals surface area contributed by atoms with Crippen LogP contribution in [0, 0.1) is 0 Å². The molecule has 0 aliphatic heterocycles. The predicted molar refractivity (Wildman–Crippen MR) is 48.2 cm³/mol. The van der Waals surface area contributed by atoms with Crippen molar-refractivity contribution in [1.29, 1.82) is 0 Å². The number of carbonyl (C=O) groups is 2. The highest BCUT2D eigenvalue weighted by Gasteiger charge is 2.17. The lowest BCUT2D eigenvalue weighted by atomic mass is 10.1. The summed E-state index contributed by atoms with van der Waals surface area (Å²) in [6.07, 6.45) is 1.49. The molecule has 0 aliphatic carbocycles. The molecule has 14 heavy (non-hydrogen) atoms. The molecular formula is C9H11NO4. The lowest BCUT2D eigenvalue weighted by Crippen LogP contribution is -2.06. The van der Waals surface area contributed by atoms with E-state index in [1.807, 2.05) is 0 Å². The third-order valence-corrected chi connectivity index (χ3v) is 1.98. The molecule has 0 saturated carbocycles. The summed E-state index contributed by atoms with van der Waals surface area (Å²) in [5.41, 5.74) is 0.813. The molecule has 1 heterocycles. The van der Waals surface area contributed by atoms with Crippen molar-refractivity contribution in [3.63, 3.8) is 0 Å². The highest BCUT2D eigenvalue weighted by atomic mass is 16.5. The normalized spacial score (nSPS) is 12.1. The molecule has 5 heteroatoms. The summed E-state index contributed by atoms with van der Waals surface area (Å²) in [7, 11) is 1.27. The molecule has 5 nitrogen and oxygen atoms in total. The topological polar surface area (TPSA) is 79.4 Å². The number of hydrogen-bond acceptors (Lipinski definition) is 3. The maximum Gasteiger partial charge on any atom is 0.354 e. The molecule has 1 aromatic heterocycles. The number of carboxylic acids is 1. The number of carbonyl (C=O) groups excluding carboxylic acids is 1. The SMILES string of the molecule is COC(=O)c1cc(C(C)C(=O)O)c[nH]1. The second kappa shape index (κ2) is 3.95. The van der Waals surface area contributed by atoms with Crippen LogP contribution in [-0.4, -0.2) is 29.1 Å². The van der Waals surface area contributed by atoms with Crippen LogP contribution in [-0.2, 0) is 9.53 Å². The smallest absolute Gasteiger partial charge is 0.354 e. The van der Waals surface area contributed by atoms with Gasteiger partial charge in [-0.25, -0.2) is 4.79 Å². The Kier molecular flexibility index (Phi) is 2.91. The highest BCUT2D eigenvalue weighted by molar-refractivity contribution is 5.88. The molecule has 0 radical (unpaired) electrons. The molecule has 1 aromatic rings. The fourth-order valence-electron chi connectivity index (χ4n) is 1.03. The summed E-state index contributed by atoms with van der Waals surface area (Å²) in [6, 6.07) is 1.48. The minimum atomic E-state index is -0.930. The molecule has 1 unspecified atom stereocenters. The van der Waals surface area contributed by atoms with Crippen LogP contribution in [0.5, 0.6) is 0 Å². The Balaban J connectivity index is 2.88. The van der Waals surface area contributed by atoms with Crippen molar-refractivity contribution in [3.05, 3.63) is 23.5 Å². The van der Waals surface area contributed by atoms with E-state index in [1.165, 1.54) is 19.4 Å². The highest BCUT2D eigenvalue weighted by Crippen LogP contribution is 2.16. The molecule has 2 N–H and O–H groups in total. The van der Waals surface area contributed by atoms with Crippen LogP contribution < -0.4 is 0 Å². The minimum Gasteiger partial charge on any atom is -0.481 e. The van der Waals surface area contributed by atoms with Gasteiger partial charge < -0.3 is 14.8 Å². The average Bonchev–Trinajstić information content (AvgIpc) is 2.64. The fraction of sp³-hybridized carbons (Fsp3) is 0.333. The van der Waals surface area contributed by atoms with Gasteiger partial charge in [0, 0.05) is 6.20 Å². The number of nitrogens with one attached hydrogen (secondary N) is 1. The maximum atomic E-state index is 11.0. The van der Waals surface area contributed by atoms with E-state index in [4.69, 9.17) is 5.11 Å². The van der Waals surface area contributed by atoms with Crippen molar-refractivity contribution in [1.82, 2.24) is 4.98 Å². The molecule has 0 spiro atoms. The summed E-state index contributed by atoms with van der Waals surface area (Å²) in [4.78, 5) is 24.3. The van der Waals surface area contributed by atoms with Crippen LogP contribution in [0.2, 0.25) is 0 Å². The maximum absolute atomic E-state index is 11.0. The fourth-order valence-corrected chi connectivity index (χ4v) is 1.03. The lowest BCUT2D eigenvalue weighted by molar-refractivity contribution is -0.138. The summed E-state index contributed by atoms with van der Waals surface area (Å²) >= 11 is 0. The Hall–Kier alpha value is -1.78. The molecular weight excluding hydrogens is 186 g/mol. The van der Waals surface area contributed by atoms with E-state index >= 15 is 0 Å². The zero-order valence-corrected chi connectivity index (χ0v) is 7.90. The molecule has 0 aromatic carbocycles. The Morgan fingerprint density at radius 3 is 2.71 bits per heavy atom.